The zero-order valence-electron chi connectivity index (χ0n) is 10.7. The van der Waals surface area contributed by atoms with Crippen LogP contribution in [0.4, 0.5) is 5.69 Å². The molecule has 0 aliphatic heterocycles. The van der Waals surface area contributed by atoms with Crippen molar-refractivity contribution in [1.29, 1.82) is 0 Å². The van der Waals surface area contributed by atoms with E-state index in [0.717, 1.165) is 21.3 Å². The largest absolute Gasteiger partial charge is 0.507 e. The zero-order chi connectivity index (χ0) is 14.5. The Hall–Kier alpha value is -1.23. The lowest BCUT2D eigenvalue weighted by atomic mass is 10.0. The van der Waals surface area contributed by atoms with E-state index in [2.05, 4.69) is 21.2 Å². The molecular weight excluding hydrogens is 342 g/mol. The summed E-state index contributed by atoms with van der Waals surface area (Å²) in [6, 6.07) is 12.9. The molecule has 0 amide bonds. The smallest absolute Gasteiger partial charge is 0.123 e. The molecule has 3 nitrogen and oxygen atoms in total. The average molecular weight is 357 g/mol. The number of aromatic hydroxyl groups is 1. The number of phenols is 1. The van der Waals surface area contributed by atoms with Crippen LogP contribution in [-0.4, -0.2) is 28.7 Å². The number of halogens is 2. The second kappa shape index (κ2) is 6.97. The Bertz CT molecular complexity index is 592. The first kappa shape index (κ1) is 15.2. The van der Waals surface area contributed by atoms with E-state index in [4.69, 9.17) is 11.6 Å². The summed E-state index contributed by atoms with van der Waals surface area (Å²) in [5.74, 6) is 0.384. The molecular formula is C15H15BrClNO2. The Morgan fingerprint density at radius 2 is 1.80 bits per heavy atom. The van der Waals surface area contributed by atoms with Gasteiger partial charge in [0.15, 0.2) is 0 Å². The van der Waals surface area contributed by atoms with Crippen LogP contribution in [0.5, 0.6) is 5.75 Å². The second-order valence-electron chi connectivity index (χ2n) is 4.37. The van der Waals surface area contributed by atoms with Gasteiger partial charge in [0, 0.05) is 22.1 Å². The summed E-state index contributed by atoms with van der Waals surface area (Å²) in [6.07, 6.45) is -0.624. The van der Waals surface area contributed by atoms with Gasteiger partial charge in [0.25, 0.3) is 0 Å². The second-order valence-corrected chi connectivity index (χ2v) is 5.53. The summed E-state index contributed by atoms with van der Waals surface area (Å²) >= 11 is 9.08. The number of aliphatic hydroxyl groups is 1. The first-order chi connectivity index (χ1) is 9.63. The normalized spacial score (nSPS) is 12.2. The van der Waals surface area contributed by atoms with Crippen LogP contribution in [-0.2, 0) is 0 Å². The molecule has 2 rings (SSSR count). The maximum atomic E-state index is 9.99. The van der Waals surface area contributed by atoms with Crippen LogP contribution < -0.4 is 5.32 Å². The van der Waals surface area contributed by atoms with E-state index >= 15 is 0 Å². The molecule has 0 fully saturated rings. The SMILES string of the molecule is Oc1ccccc1-c1cccc(Br)c1NCC(O)CCl. The minimum atomic E-state index is -0.624. The van der Waals surface area contributed by atoms with E-state index in [1.54, 1.807) is 12.1 Å². The Kier molecular flexibility index (Phi) is 5.29. The fraction of sp³-hybridized carbons (Fsp3) is 0.200. The standard InChI is InChI=1S/C15H15BrClNO2/c16-13-6-3-5-12(11-4-1-2-7-14(11)20)15(13)18-9-10(19)8-17/h1-7,10,18-20H,8-9H2. The molecule has 0 bridgehead atoms. The molecule has 0 radical (unpaired) electrons. The fourth-order valence-corrected chi connectivity index (χ4v) is 2.52. The highest BCUT2D eigenvalue weighted by Gasteiger charge is 2.12. The van der Waals surface area contributed by atoms with Crippen molar-refractivity contribution in [2.45, 2.75) is 6.10 Å². The van der Waals surface area contributed by atoms with Gasteiger partial charge in [-0.25, -0.2) is 0 Å². The third-order valence-corrected chi connectivity index (χ3v) is 3.92. The lowest BCUT2D eigenvalue weighted by Crippen LogP contribution is -2.21. The molecule has 5 heteroatoms. The number of alkyl halides is 1. The predicted molar refractivity (Wildman–Crippen MR) is 86.5 cm³/mol. The quantitative estimate of drug-likeness (QED) is 0.714. The van der Waals surface area contributed by atoms with E-state index in [1.807, 2.05) is 30.3 Å². The highest BCUT2D eigenvalue weighted by atomic mass is 79.9. The van der Waals surface area contributed by atoms with Crippen LogP contribution >= 0.6 is 27.5 Å². The molecule has 1 atom stereocenters. The number of nitrogens with one attached hydrogen (secondary N) is 1. The van der Waals surface area contributed by atoms with Crippen LogP contribution in [0.3, 0.4) is 0 Å². The summed E-state index contributed by atoms with van der Waals surface area (Å²) < 4.78 is 0.861. The number of phenolic OH excluding ortho intramolecular Hbond substituents is 1. The van der Waals surface area contributed by atoms with Crippen molar-refractivity contribution in [3.63, 3.8) is 0 Å². The molecule has 0 aliphatic rings. The summed E-state index contributed by atoms with van der Waals surface area (Å²) in [5.41, 5.74) is 2.41. The van der Waals surface area contributed by atoms with Crippen molar-refractivity contribution in [1.82, 2.24) is 0 Å². The molecule has 2 aromatic rings. The lowest BCUT2D eigenvalue weighted by molar-refractivity contribution is 0.211. The van der Waals surface area contributed by atoms with Gasteiger partial charge >= 0.3 is 0 Å². The van der Waals surface area contributed by atoms with E-state index in [-0.39, 0.29) is 11.6 Å². The Morgan fingerprint density at radius 1 is 1.10 bits per heavy atom. The Labute approximate surface area is 131 Å². The van der Waals surface area contributed by atoms with E-state index in [0.29, 0.717) is 6.54 Å². The minimum Gasteiger partial charge on any atom is -0.507 e. The molecule has 0 aliphatic carbocycles. The molecule has 2 aromatic carbocycles. The number of benzene rings is 2. The first-order valence-corrected chi connectivity index (χ1v) is 7.51. The molecule has 106 valence electrons. The summed E-state index contributed by atoms with van der Waals surface area (Å²) in [4.78, 5) is 0. The Morgan fingerprint density at radius 3 is 2.50 bits per heavy atom. The Balaban J connectivity index is 2.39. The predicted octanol–water partition coefficient (Wildman–Crippen LogP) is 3.83. The van der Waals surface area contributed by atoms with Crippen molar-refractivity contribution in [3.8, 4) is 16.9 Å². The molecule has 0 saturated carbocycles. The van der Waals surface area contributed by atoms with E-state index in [1.165, 1.54) is 0 Å². The van der Waals surface area contributed by atoms with Crippen molar-refractivity contribution < 1.29 is 10.2 Å². The molecule has 0 spiro atoms. The van der Waals surface area contributed by atoms with Crippen molar-refractivity contribution in [2.75, 3.05) is 17.7 Å². The number of anilines is 1. The highest BCUT2D eigenvalue weighted by Crippen LogP contribution is 2.38. The number of rotatable bonds is 5. The van der Waals surface area contributed by atoms with Gasteiger partial charge in [0.1, 0.15) is 5.75 Å². The van der Waals surface area contributed by atoms with Gasteiger partial charge in [-0.2, -0.15) is 0 Å². The molecule has 3 N–H and O–H groups in total. The van der Waals surface area contributed by atoms with Gasteiger partial charge in [0.05, 0.1) is 17.7 Å². The zero-order valence-corrected chi connectivity index (χ0v) is 13.0. The van der Waals surface area contributed by atoms with Crippen molar-refractivity contribution >= 4 is 33.2 Å². The fourth-order valence-electron chi connectivity index (χ4n) is 1.90. The lowest BCUT2D eigenvalue weighted by Gasteiger charge is -2.16. The third kappa shape index (κ3) is 3.45. The molecule has 20 heavy (non-hydrogen) atoms. The van der Waals surface area contributed by atoms with Crippen LogP contribution in [0.2, 0.25) is 0 Å². The van der Waals surface area contributed by atoms with Crippen LogP contribution in [0, 0.1) is 0 Å². The van der Waals surface area contributed by atoms with Crippen LogP contribution in [0.15, 0.2) is 46.9 Å². The van der Waals surface area contributed by atoms with Gasteiger partial charge in [-0.05, 0) is 28.1 Å². The highest BCUT2D eigenvalue weighted by molar-refractivity contribution is 9.10. The van der Waals surface area contributed by atoms with Gasteiger partial charge in [-0.3, -0.25) is 0 Å². The minimum absolute atomic E-state index is 0.170. The maximum absolute atomic E-state index is 9.99. The van der Waals surface area contributed by atoms with Gasteiger partial charge in [-0.1, -0.05) is 30.3 Å². The monoisotopic (exact) mass is 355 g/mol. The number of para-hydroxylation sites is 2. The molecule has 1 unspecified atom stereocenters. The van der Waals surface area contributed by atoms with Crippen LogP contribution in [0.25, 0.3) is 11.1 Å². The molecule has 0 heterocycles. The summed E-state index contributed by atoms with van der Waals surface area (Å²) in [5, 5.41) is 22.7. The van der Waals surface area contributed by atoms with Crippen molar-refractivity contribution in [2.24, 2.45) is 0 Å². The number of hydrogen-bond acceptors (Lipinski definition) is 3. The van der Waals surface area contributed by atoms with Gasteiger partial charge < -0.3 is 15.5 Å². The van der Waals surface area contributed by atoms with E-state index in [9.17, 15) is 10.2 Å². The number of hydrogen-bond donors (Lipinski definition) is 3. The van der Waals surface area contributed by atoms with E-state index < -0.39 is 6.10 Å². The topological polar surface area (TPSA) is 52.5 Å². The average Bonchev–Trinajstić information content (AvgIpc) is 2.46. The maximum Gasteiger partial charge on any atom is 0.123 e. The molecule has 0 aromatic heterocycles. The summed E-state index contributed by atoms with van der Waals surface area (Å²) in [7, 11) is 0. The van der Waals surface area contributed by atoms with Gasteiger partial charge in [-0.15, -0.1) is 11.6 Å². The molecule has 0 saturated heterocycles. The van der Waals surface area contributed by atoms with Crippen LogP contribution in [0.1, 0.15) is 0 Å². The number of aliphatic hydroxyl groups excluding tert-OH is 1. The van der Waals surface area contributed by atoms with Gasteiger partial charge in [0.2, 0.25) is 0 Å². The first-order valence-electron chi connectivity index (χ1n) is 6.18. The summed E-state index contributed by atoms with van der Waals surface area (Å²) in [6.45, 7) is 0.340. The third-order valence-electron chi connectivity index (χ3n) is 2.90. The van der Waals surface area contributed by atoms with Crippen molar-refractivity contribution in [3.05, 3.63) is 46.9 Å².